The number of carbonyl (C=O) groups is 2. The number of nitrogens with one attached hydrogen (secondary N) is 1. The third-order valence-electron chi connectivity index (χ3n) is 3.42. The van der Waals surface area contributed by atoms with Crippen LogP contribution in [0.2, 0.25) is 0 Å². The topological polar surface area (TPSA) is 46.2 Å². The lowest BCUT2D eigenvalue weighted by atomic mass is 9.85. The van der Waals surface area contributed by atoms with Crippen molar-refractivity contribution in [2.45, 2.75) is 39.2 Å². The highest BCUT2D eigenvalue weighted by Crippen LogP contribution is 2.34. The molecule has 3 nitrogen and oxygen atoms in total. The molecule has 1 N–H and O–H groups in total. The minimum absolute atomic E-state index is 0.0546. The summed E-state index contributed by atoms with van der Waals surface area (Å²) in [5.41, 5.74) is 2.00. The predicted octanol–water partition coefficient (Wildman–Crippen LogP) is 2.63. The van der Waals surface area contributed by atoms with Crippen molar-refractivity contribution in [3.63, 3.8) is 0 Å². The van der Waals surface area contributed by atoms with Gasteiger partial charge in [-0.1, -0.05) is 15.9 Å². The molecule has 1 aromatic rings. The number of halogens is 1. The molecule has 0 aromatic heterocycles. The van der Waals surface area contributed by atoms with Gasteiger partial charge in [0.2, 0.25) is 5.91 Å². The van der Waals surface area contributed by atoms with Crippen LogP contribution in [0.5, 0.6) is 0 Å². The molecule has 1 heterocycles. The lowest BCUT2D eigenvalue weighted by molar-refractivity contribution is -0.125. The van der Waals surface area contributed by atoms with Crippen molar-refractivity contribution in [1.82, 2.24) is 5.32 Å². The summed E-state index contributed by atoms with van der Waals surface area (Å²) in [6, 6.07) is 3.88. The number of ketones is 1. The van der Waals surface area contributed by atoms with Gasteiger partial charge in [-0.25, -0.2) is 0 Å². The molecule has 0 aliphatic carbocycles. The highest BCUT2D eigenvalue weighted by atomic mass is 79.9. The zero-order valence-electron chi connectivity index (χ0n) is 10.9. The van der Waals surface area contributed by atoms with Gasteiger partial charge in [0.05, 0.1) is 5.54 Å². The van der Waals surface area contributed by atoms with Crippen LogP contribution in [0.25, 0.3) is 0 Å². The van der Waals surface area contributed by atoms with E-state index in [1.807, 2.05) is 26.0 Å². The van der Waals surface area contributed by atoms with Gasteiger partial charge in [0.25, 0.3) is 0 Å². The number of carbonyl (C=O) groups excluding carboxylic acids is 2. The molecule has 1 aliphatic rings. The quantitative estimate of drug-likeness (QED) is 0.811. The highest BCUT2D eigenvalue weighted by molar-refractivity contribution is 9.10. The van der Waals surface area contributed by atoms with Crippen LogP contribution in [0.4, 0.5) is 0 Å². The molecule has 1 aromatic carbocycles. The number of hydrogen-bond donors (Lipinski definition) is 1. The molecule has 1 saturated heterocycles. The van der Waals surface area contributed by atoms with E-state index >= 15 is 0 Å². The fourth-order valence-corrected chi connectivity index (χ4v) is 3.25. The molecule has 1 aliphatic heterocycles. The maximum absolute atomic E-state index is 12.3. The van der Waals surface area contributed by atoms with Crippen LogP contribution >= 0.6 is 15.9 Å². The van der Waals surface area contributed by atoms with Crippen LogP contribution in [-0.2, 0) is 9.59 Å². The Hall–Kier alpha value is -1.16. The van der Waals surface area contributed by atoms with Crippen molar-refractivity contribution in [3.8, 4) is 0 Å². The third kappa shape index (κ3) is 1.99. The summed E-state index contributed by atoms with van der Waals surface area (Å²) in [4.78, 5) is 24.4. The lowest BCUT2D eigenvalue weighted by Gasteiger charge is -2.17. The average molecular weight is 310 g/mol. The van der Waals surface area contributed by atoms with E-state index in [2.05, 4.69) is 21.2 Å². The van der Waals surface area contributed by atoms with E-state index in [0.29, 0.717) is 0 Å². The molecule has 0 radical (unpaired) electrons. The molecule has 96 valence electrons. The second kappa shape index (κ2) is 4.19. The monoisotopic (exact) mass is 309 g/mol. The number of aryl methyl sites for hydroxylation is 2. The minimum Gasteiger partial charge on any atom is -0.343 e. The standard InChI is InChI=1S/C14H16BrNO2/c1-7-5-9(15)6-8(2)10(7)11-12(17)14(3,4)16-13(11)18/h5-6,11H,1-4H3,(H,16,18)/t11-/m1/s1. The van der Waals surface area contributed by atoms with Crippen LogP contribution in [0.1, 0.15) is 36.5 Å². The Morgan fingerprint density at radius 3 is 2.06 bits per heavy atom. The van der Waals surface area contributed by atoms with E-state index in [1.54, 1.807) is 13.8 Å². The maximum Gasteiger partial charge on any atom is 0.235 e. The van der Waals surface area contributed by atoms with Crippen LogP contribution in [0, 0.1) is 13.8 Å². The Labute approximate surface area is 115 Å². The molecule has 1 fully saturated rings. The van der Waals surface area contributed by atoms with Crippen molar-refractivity contribution >= 4 is 27.6 Å². The summed E-state index contributed by atoms with van der Waals surface area (Å²) in [5, 5.41) is 2.76. The van der Waals surface area contributed by atoms with E-state index in [9.17, 15) is 9.59 Å². The Morgan fingerprint density at radius 1 is 1.17 bits per heavy atom. The Balaban J connectivity index is 2.57. The van der Waals surface area contributed by atoms with E-state index in [1.165, 1.54) is 0 Å². The summed E-state index contributed by atoms with van der Waals surface area (Å²) in [5.74, 6) is -0.923. The zero-order chi connectivity index (χ0) is 13.7. The van der Waals surface area contributed by atoms with Gasteiger partial charge in [0, 0.05) is 4.47 Å². The van der Waals surface area contributed by atoms with Gasteiger partial charge in [-0.2, -0.15) is 0 Å². The van der Waals surface area contributed by atoms with Crippen molar-refractivity contribution in [1.29, 1.82) is 0 Å². The average Bonchev–Trinajstić information content (AvgIpc) is 2.38. The SMILES string of the molecule is Cc1cc(Br)cc(C)c1[C@H]1C(=O)NC(C)(C)C1=O. The number of rotatable bonds is 1. The van der Waals surface area contributed by atoms with Crippen molar-refractivity contribution < 1.29 is 9.59 Å². The van der Waals surface area contributed by atoms with Gasteiger partial charge in [0.15, 0.2) is 5.78 Å². The van der Waals surface area contributed by atoms with Gasteiger partial charge in [-0.05, 0) is 56.5 Å². The van der Waals surface area contributed by atoms with Gasteiger partial charge in [-0.15, -0.1) is 0 Å². The van der Waals surface area contributed by atoms with Gasteiger partial charge in [-0.3, -0.25) is 9.59 Å². The lowest BCUT2D eigenvalue weighted by Crippen LogP contribution is -2.39. The predicted molar refractivity (Wildman–Crippen MR) is 73.6 cm³/mol. The van der Waals surface area contributed by atoms with Crippen LogP contribution in [-0.4, -0.2) is 17.2 Å². The first-order chi connectivity index (χ1) is 8.24. The van der Waals surface area contributed by atoms with Crippen LogP contribution in [0.15, 0.2) is 16.6 Å². The van der Waals surface area contributed by atoms with Gasteiger partial charge >= 0.3 is 0 Å². The summed E-state index contributed by atoms with van der Waals surface area (Å²) < 4.78 is 0.964. The number of Topliss-reactive ketones (excluding diaryl/α,β-unsaturated/α-hetero) is 1. The van der Waals surface area contributed by atoms with Gasteiger partial charge < -0.3 is 5.32 Å². The molecule has 4 heteroatoms. The minimum atomic E-state index is -0.770. The fourth-order valence-electron chi connectivity index (χ4n) is 2.56. The molecular formula is C14H16BrNO2. The second-order valence-electron chi connectivity index (χ2n) is 5.36. The second-order valence-corrected chi connectivity index (χ2v) is 6.28. The molecular weight excluding hydrogens is 294 g/mol. The normalized spacial score (nSPS) is 22.2. The number of amides is 1. The first-order valence-corrected chi connectivity index (χ1v) is 6.66. The third-order valence-corrected chi connectivity index (χ3v) is 3.88. The van der Waals surface area contributed by atoms with Crippen LogP contribution < -0.4 is 5.32 Å². The van der Waals surface area contributed by atoms with Crippen molar-refractivity contribution in [2.24, 2.45) is 0 Å². The molecule has 18 heavy (non-hydrogen) atoms. The summed E-state index contributed by atoms with van der Waals surface area (Å²) in [6.45, 7) is 7.35. The molecule has 2 rings (SSSR count). The smallest absolute Gasteiger partial charge is 0.235 e. The Morgan fingerprint density at radius 2 is 1.67 bits per heavy atom. The van der Waals surface area contributed by atoms with Gasteiger partial charge in [0.1, 0.15) is 5.92 Å². The first-order valence-electron chi connectivity index (χ1n) is 5.87. The molecule has 1 amide bonds. The molecule has 0 spiro atoms. The number of benzene rings is 1. The van der Waals surface area contributed by atoms with E-state index in [0.717, 1.165) is 21.2 Å². The molecule has 0 saturated carbocycles. The highest BCUT2D eigenvalue weighted by Gasteiger charge is 2.47. The zero-order valence-corrected chi connectivity index (χ0v) is 12.5. The van der Waals surface area contributed by atoms with Crippen molar-refractivity contribution in [2.75, 3.05) is 0 Å². The van der Waals surface area contributed by atoms with Crippen molar-refractivity contribution in [3.05, 3.63) is 33.3 Å². The molecule has 0 bridgehead atoms. The van der Waals surface area contributed by atoms with E-state index in [-0.39, 0.29) is 11.7 Å². The number of hydrogen-bond acceptors (Lipinski definition) is 2. The Bertz CT molecular complexity index is 526. The largest absolute Gasteiger partial charge is 0.343 e. The maximum atomic E-state index is 12.3. The first kappa shape index (κ1) is 13.3. The summed E-state index contributed by atoms with van der Waals surface area (Å²) in [7, 11) is 0. The van der Waals surface area contributed by atoms with E-state index < -0.39 is 11.5 Å². The summed E-state index contributed by atoms with van der Waals surface area (Å²) in [6.07, 6.45) is 0. The van der Waals surface area contributed by atoms with E-state index in [4.69, 9.17) is 0 Å². The molecule has 0 unspecified atom stereocenters. The van der Waals surface area contributed by atoms with Crippen LogP contribution in [0.3, 0.4) is 0 Å². The Kier molecular flexibility index (Phi) is 3.09. The summed E-state index contributed by atoms with van der Waals surface area (Å²) >= 11 is 3.42. The fraction of sp³-hybridized carbons (Fsp3) is 0.429. The molecule has 1 atom stereocenters.